The van der Waals surface area contributed by atoms with E-state index in [9.17, 15) is 4.79 Å². The van der Waals surface area contributed by atoms with Crippen LogP contribution in [0.3, 0.4) is 0 Å². The summed E-state index contributed by atoms with van der Waals surface area (Å²) in [6.45, 7) is 0.855. The molecule has 3 aromatic rings. The summed E-state index contributed by atoms with van der Waals surface area (Å²) in [7, 11) is 1.79. The van der Waals surface area contributed by atoms with Gasteiger partial charge in [-0.3, -0.25) is 4.90 Å². The van der Waals surface area contributed by atoms with E-state index >= 15 is 0 Å². The molecule has 126 valence electrons. The van der Waals surface area contributed by atoms with Crippen LogP contribution < -0.4 is 4.74 Å². The summed E-state index contributed by atoms with van der Waals surface area (Å²) in [5.74, 6) is 3.82. The van der Waals surface area contributed by atoms with Crippen LogP contribution in [0.15, 0.2) is 59.0 Å². The van der Waals surface area contributed by atoms with E-state index in [1.165, 1.54) is 0 Å². The number of hydrogen-bond acceptors (Lipinski definition) is 4. The molecule has 0 amide bonds. The third kappa shape index (κ3) is 3.90. The smallest absolute Gasteiger partial charge is 0.144 e. The molecule has 0 spiro atoms. The van der Waals surface area contributed by atoms with Gasteiger partial charge in [-0.05, 0) is 30.8 Å². The van der Waals surface area contributed by atoms with Gasteiger partial charge in [-0.25, -0.2) is 0 Å². The summed E-state index contributed by atoms with van der Waals surface area (Å²) in [4.78, 5) is 13.2. The third-order valence-corrected chi connectivity index (χ3v) is 3.99. The van der Waals surface area contributed by atoms with Gasteiger partial charge in [0.2, 0.25) is 0 Å². The average molecular weight is 333 g/mol. The number of carbonyl (C=O) groups excluding carboxylic acids is 1. The van der Waals surface area contributed by atoms with Gasteiger partial charge < -0.3 is 13.9 Å². The minimum Gasteiger partial charge on any atom is -0.489 e. The summed E-state index contributed by atoms with van der Waals surface area (Å²) in [5.41, 5.74) is 1.78. The molecule has 0 radical (unpaired) electrons. The van der Waals surface area contributed by atoms with E-state index in [-0.39, 0.29) is 0 Å². The van der Waals surface area contributed by atoms with Crippen LogP contribution in [-0.4, -0.2) is 24.8 Å². The lowest BCUT2D eigenvalue weighted by Gasteiger charge is -2.18. The maximum Gasteiger partial charge on any atom is 0.144 e. The van der Waals surface area contributed by atoms with Crippen LogP contribution in [-0.2, 0) is 11.4 Å². The first kappa shape index (κ1) is 16.8. The average Bonchev–Trinajstić information content (AvgIpc) is 3.04. The molecular weight excluding hydrogens is 314 g/mol. The zero-order valence-corrected chi connectivity index (χ0v) is 14.0. The van der Waals surface area contributed by atoms with Crippen molar-refractivity contribution in [3.8, 4) is 18.1 Å². The summed E-state index contributed by atoms with van der Waals surface area (Å²) in [5, 5.41) is 0.919. The molecule has 25 heavy (non-hydrogen) atoms. The molecule has 0 saturated carbocycles. The molecule has 0 saturated heterocycles. The molecule has 1 unspecified atom stereocenters. The molecule has 0 bridgehead atoms. The number of benzene rings is 2. The maximum atomic E-state index is 11.4. The number of carbonyl (C=O) groups is 1. The Morgan fingerprint density at radius 1 is 1.24 bits per heavy atom. The van der Waals surface area contributed by atoms with Crippen LogP contribution in [0, 0.1) is 12.3 Å². The van der Waals surface area contributed by atoms with Crippen LogP contribution in [0.1, 0.15) is 17.4 Å². The van der Waals surface area contributed by atoms with E-state index in [4.69, 9.17) is 15.6 Å². The van der Waals surface area contributed by atoms with Gasteiger partial charge in [-0.2, -0.15) is 0 Å². The standard InChI is InChI=1S/C21H19NO3/c1-3-11-22(2)19(14-23)21-12-17-9-10-18(13-20(17)25-21)24-15-16-7-5-4-6-8-16/h1,4-10,12-14,19H,11,15H2,2H3. The van der Waals surface area contributed by atoms with Gasteiger partial charge in [0, 0.05) is 11.5 Å². The van der Waals surface area contributed by atoms with Crippen molar-refractivity contribution < 1.29 is 13.9 Å². The van der Waals surface area contributed by atoms with Gasteiger partial charge in [0.15, 0.2) is 0 Å². The van der Waals surface area contributed by atoms with Crippen LogP contribution >= 0.6 is 0 Å². The SMILES string of the molecule is C#CCN(C)C(C=O)c1cc2ccc(OCc3ccccc3)cc2o1. The minimum absolute atomic E-state index is 0.367. The number of ether oxygens (including phenoxy) is 1. The van der Waals surface area contributed by atoms with Gasteiger partial charge >= 0.3 is 0 Å². The lowest BCUT2D eigenvalue weighted by atomic mass is 10.2. The Balaban J connectivity index is 1.79. The van der Waals surface area contributed by atoms with Gasteiger partial charge in [0.05, 0.1) is 6.54 Å². The fraction of sp³-hybridized carbons (Fsp3) is 0.190. The summed E-state index contributed by atoms with van der Waals surface area (Å²) < 4.78 is 11.7. The summed E-state index contributed by atoms with van der Waals surface area (Å²) >= 11 is 0. The maximum absolute atomic E-state index is 11.4. The highest BCUT2D eigenvalue weighted by molar-refractivity contribution is 5.80. The number of likely N-dealkylation sites (N-methyl/N-ethyl adjacent to an activating group) is 1. The van der Waals surface area contributed by atoms with Gasteiger partial charge in [-0.1, -0.05) is 36.3 Å². The van der Waals surface area contributed by atoms with Crippen molar-refractivity contribution in [2.45, 2.75) is 12.6 Å². The van der Waals surface area contributed by atoms with Crippen molar-refractivity contribution in [3.63, 3.8) is 0 Å². The fourth-order valence-corrected chi connectivity index (χ4v) is 2.64. The zero-order valence-electron chi connectivity index (χ0n) is 14.0. The molecular formula is C21H19NO3. The van der Waals surface area contributed by atoms with Crippen LogP contribution in [0.2, 0.25) is 0 Å². The number of hydrogen-bond donors (Lipinski definition) is 0. The molecule has 2 aromatic carbocycles. The molecule has 4 nitrogen and oxygen atoms in total. The summed E-state index contributed by atoms with van der Waals surface area (Å²) in [6, 6.07) is 17.0. The minimum atomic E-state index is -0.503. The first-order valence-electron chi connectivity index (χ1n) is 8.00. The number of fused-ring (bicyclic) bond motifs is 1. The predicted octanol–water partition coefficient (Wildman–Crippen LogP) is 3.82. The van der Waals surface area contributed by atoms with Crippen molar-refractivity contribution in [2.75, 3.05) is 13.6 Å². The van der Waals surface area contributed by atoms with Crippen molar-refractivity contribution in [2.24, 2.45) is 0 Å². The third-order valence-electron chi connectivity index (χ3n) is 3.99. The first-order chi connectivity index (χ1) is 12.2. The number of aldehydes is 1. The highest BCUT2D eigenvalue weighted by atomic mass is 16.5. The van der Waals surface area contributed by atoms with Gasteiger partial charge in [-0.15, -0.1) is 6.42 Å². The second kappa shape index (κ2) is 7.69. The first-order valence-corrected chi connectivity index (χ1v) is 8.00. The van der Waals surface area contributed by atoms with Crippen LogP contribution in [0.5, 0.6) is 5.75 Å². The van der Waals surface area contributed by atoms with Crippen molar-refractivity contribution >= 4 is 17.3 Å². The highest BCUT2D eigenvalue weighted by Crippen LogP contribution is 2.29. The Morgan fingerprint density at radius 2 is 2.04 bits per heavy atom. The van der Waals surface area contributed by atoms with Crippen LogP contribution in [0.4, 0.5) is 0 Å². The monoisotopic (exact) mass is 333 g/mol. The van der Waals surface area contributed by atoms with Crippen molar-refractivity contribution in [1.82, 2.24) is 4.90 Å². The van der Waals surface area contributed by atoms with E-state index in [1.54, 1.807) is 11.9 Å². The Kier molecular flexibility index (Phi) is 5.17. The molecule has 1 aromatic heterocycles. The molecule has 3 rings (SSSR count). The Bertz CT molecular complexity index is 892. The second-order valence-electron chi connectivity index (χ2n) is 5.82. The Morgan fingerprint density at radius 3 is 2.76 bits per heavy atom. The molecule has 0 aliphatic carbocycles. The lowest BCUT2D eigenvalue weighted by Crippen LogP contribution is -2.25. The number of furan rings is 1. The van der Waals surface area contributed by atoms with E-state index < -0.39 is 6.04 Å². The second-order valence-corrected chi connectivity index (χ2v) is 5.82. The molecule has 1 atom stereocenters. The van der Waals surface area contributed by atoms with Crippen molar-refractivity contribution in [3.05, 3.63) is 65.9 Å². The normalized spacial score (nSPS) is 12.0. The fourth-order valence-electron chi connectivity index (χ4n) is 2.64. The van der Waals surface area contributed by atoms with Gasteiger partial charge in [0.25, 0.3) is 0 Å². The largest absolute Gasteiger partial charge is 0.489 e. The lowest BCUT2D eigenvalue weighted by molar-refractivity contribution is -0.112. The number of nitrogens with zero attached hydrogens (tertiary/aromatic N) is 1. The van der Waals surface area contributed by atoms with Crippen LogP contribution in [0.25, 0.3) is 11.0 Å². The van der Waals surface area contributed by atoms with Gasteiger partial charge in [0.1, 0.15) is 36.0 Å². The van der Waals surface area contributed by atoms with Crippen molar-refractivity contribution in [1.29, 1.82) is 0 Å². The number of terminal acetylenes is 1. The zero-order chi connectivity index (χ0) is 17.6. The molecule has 0 fully saturated rings. The molecule has 0 N–H and O–H groups in total. The Hall–Kier alpha value is -3.03. The highest BCUT2D eigenvalue weighted by Gasteiger charge is 2.20. The summed E-state index contributed by atoms with van der Waals surface area (Å²) in [6.07, 6.45) is 6.16. The van der Waals surface area contributed by atoms with E-state index in [1.807, 2.05) is 54.6 Å². The van der Waals surface area contributed by atoms with E-state index in [2.05, 4.69) is 5.92 Å². The van der Waals surface area contributed by atoms with E-state index in [0.717, 1.165) is 23.0 Å². The molecule has 0 aliphatic heterocycles. The quantitative estimate of drug-likeness (QED) is 0.487. The topological polar surface area (TPSA) is 42.7 Å². The molecule has 0 aliphatic rings. The Labute approximate surface area is 147 Å². The number of rotatable bonds is 7. The predicted molar refractivity (Wildman–Crippen MR) is 97.3 cm³/mol. The molecule has 4 heteroatoms. The van der Waals surface area contributed by atoms with E-state index in [0.29, 0.717) is 24.5 Å². The molecule has 1 heterocycles.